The molecule has 0 bridgehead atoms. The summed E-state index contributed by atoms with van der Waals surface area (Å²) in [6, 6.07) is 6.82. The van der Waals surface area contributed by atoms with Gasteiger partial charge in [-0.2, -0.15) is 0 Å². The molecule has 0 unspecified atom stereocenters. The monoisotopic (exact) mass is 315 g/mol. The maximum atomic E-state index is 12.3. The van der Waals surface area contributed by atoms with E-state index in [-0.39, 0.29) is 24.1 Å². The van der Waals surface area contributed by atoms with Gasteiger partial charge in [-0.3, -0.25) is 19.0 Å². The van der Waals surface area contributed by atoms with Gasteiger partial charge in [0.2, 0.25) is 5.91 Å². The molecular formula is C16H17N3O4. The highest BCUT2D eigenvalue weighted by molar-refractivity contribution is 5.79. The number of carbonyl (C=O) groups excluding carboxylic acids is 1. The Morgan fingerprint density at radius 1 is 1.30 bits per heavy atom. The van der Waals surface area contributed by atoms with Crippen LogP contribution in [0.4, 0.5) is 0 Å². The van der Waals surface area contributed by atoms with Crippen LogP contribution in [0, 0.1) is 5.92 Å². The fraction of sp³-hybridized carbons (Fsp3) is 0.375. The molecule has 3 rings (SSSR count). The molecule has 2 atom stereocenters. The average Bonchev–Trinajstić information content (AvgIpc) is 2.99. The van der Waals surface area contributed by atoms with Gasteiger partial charge in [0.05, 0.1) is 23.1 Å². The van der Waals surface area contributed by atoms with Gasteiger partial charge in [0.1, 0.15) is 6.54 Å². The van der Waals surface area contributed by atoms with Gasteiger partial charge >= 0.3 is 5.97 Å². The zero-order valence-electron chi connectivity index (χ0n) is 12.4. The molecule has 1 aliphatic carbocycles. The Labute approximate surface area is 132 Å². The summed E-state index contributed by atoms with van der Waals surface area (Å²) in [5.41, 5.74) is 0.329. The Morgan fingerprint density at radius 3 is 2.83 bits per heavy atom. The van der Waals surface area contributed by atoms with Crippen LogP contribution in [0.3, 0.4) is 0 Å². The number of carbonyl (C=O) groups is 2. The number of aromatic nitrogens is 2. The topological polar surface area (TPSA) is 101 Å². The van der Waals surface area contributed by atoms with Crippen LogP contribution in [0.25, 0.3) is 10.9 Å². The molecule has 120 valence electrons. The summed E-state index contributed by atoms with van der Waals surface area (Å²) in [5.74, 6) is -1.53. The Morgan fingerprint density at radius 2 is 2.09 bits per heavy atom. The van der Waals surface area contributed by atoms with E-state index in [0.29, 0.717) is 30.2 Å². The summed E-state index contributed by atoms with van der Waals surface area (Å²) in [6.45, 7) is -0.120. The molecule has 1 aliphatic rings. The third kappa shape index (κ3) is 3.23. The minimum absolute atomic E-state index is 0.120. The molecule has 0 radical (unpaired) electrons. The SMILES string of the molecule is O=C(Cn1cnc2ccccc2c1=O)N[C@@H]1CC[C@H](C(=O)O)C1. The van der Waals surface area contributed by atoms with Crippen molar-refractivity contribution in [3.8, 4) is 0 Å². The Bertz CT molecular complexity index is 814. The highest BCUT2D eigenvalue weighted by Crippen LogP contribution is 2.25. The highest BCUT2D eigenvalue weighted by Gasteiger charge is 2.30. The van der Waals surface area contributed by atoms with E-state index in [1.54, 1.807) is 24.3 Å². The van der Waals surface area contributed by atoms with E-state index >= 15 is 0 Å². The first-order valence-electron chi connectivity index (χ1n) is 7.51. The second-order valence-electron chi connectivity index (χ2n) is 5.81. The van der Waals surface area contributed by atoms with E-state index in [0.717, 1.165) is 0 Å². The molecule has 23 heavy (non-hydrogen) atoms. The van der Waals surface area contributed by atoms with E-state index in [1.807, 2.05) is 0 Å². The normalized spacial score (nSPS) is 20.5. The third-order valence-electron chi connectivity index (χ3n) is 4.19. The molecule has 1 aromatic carbocycles. The van der Waals surface area contributed by atoms with Crippen LogP contribution in [0.2, 0.25) is 0 Å². The van der Waals surface area contributed by atoms with E-state index in [4.69, 9.17) is 5.11 Å². The van der Waals surface area contributed by atoms with Gasteiger partial charge in [0.25, 0.3) is 5.56 Å². The van der Waals surface area contributed by atoms with Gasteiger partial charge in [-0.15, -0.1) is 0 Å². The molecule has 7 heteroatoms. The van der Waals surface area contributed by atoms with Crippen molar-refractivity contribution in [1.29, 1.82) is 0 Å². The lowest BCUT2D eigenvalue weighted by Crippen LogP contribution is -2.38. The lowest BCUT2D eigenvalue weighted by molar-refractivity contribution is -0.141. The van der Waals surface area contributed by atoms with Crippen molar-refractivity contribution in [2.45, 2.75) is 31.8 Å². The van der Waals surface area contributed by atoms with Gasteiger partial charge in [0.15, 0.2) is 0 Å². The van der Waals surface area contributed by atoms with Crippen molar-refractivity contribution in [3.05, 3.63) is 40.9 Å². The summed E-state index contributed by atoms with van der Waals surface area (Å²) in [5, 5.41) is 12.2. The molecule has 2 aromatic rings. The molecule has 1 fully saturated rings. The predicted octanol–water partition coefficient (Wildman–Crippen LogP) is 0.766. The first-order chi connectivity index (χ1) is 11.0. The van der Waals surface area contributed by atoms with Crippen LogP contribution < -0.4 is 10.9 Å². The summed E-state index contributed by atoms with van der Waals surface area (Å²) >= 11 is 0. The van der Waals surface area contributed by atoms with Crippen LogP contribution in [-0.2, 0) is 16.1 Å². The number of nitrogens with zero attached hydrogens (tertiary/aromatic N) is 2. The maximum absolute atomic E-state index is 12.3. The summed E-state index contributed by atoms with van der Waals surface area (Å²) < 4.78 is 1.27. The number of hydrogen-bond donors (Lipinski definition) is 2. The predicted molar refractivity (Wildman–Crippen MR) is 82.9 cm³/mol. The van der Waals surface area contributed by atoms with Crippen molar-refractivity contribution >= 4 is 22.8 Å². The molecule has 7 nitrogen and oxygen atoms in total. The zero-order chi connectivity index (χ0) is 16.4. The van der Waals surface area contributed by atoms with Gasteiger partial charge in [-0.25, -0.2) is 4.98 Å². The molecule has 0 saturated heterocycles. The first kappa shape index (κ1) is 15.2. The van der Waals surface area contributed by atoms with Crippen LogP contribution in [0.15, 0.2) is 35.4 Å². The number of fused-ring (bicyclic) bond motifs is 1. The first-order valence-corrected chi connectivity index (χ1v) is 7.51. The van der Waals surface area contributed by atoms with Crippen molar-refractivity contribution < 1.29 is 14.7 Å². The summed E-state index contributed by atoms with van der Waals surface area (Å²) in [6.07, 6.45) is 3.01. The molecule has 1 heterocycles. The van der Waals surface area contributed by atoms with Crippen LogP contribution in [-0.4, -0.2) is 32.6 Å². The van der Waals surface area contributed by atoms with Crippen LogP contribution in [0.1, 0.15) is 19.3 Å². The molecule has 1 aromatic heterocycles. The molecule has 0 aliphatic heterocycles. The van der Waals surface area contributed by atoms with Crippen molar-refractivity contribution in [3.63, 3.8) is 0 Å². The Hall–Kier alpha value is -2.70. The number of aliphatic carboxylic acids is 1. The molecular weight excluding hydrogens is 298 g/mol. The molecule has 1 amide bonds. The lowest BCUT2D eigenvalue weighted by Gasteiger charge is -2.13. The standard InChI is InChI=1S/C16H17N3O4/c20-14(18-11-6-5-10(7-11)16(22)23)8-19-9-17-13-4-2-1-3-12(13)15(19)21/h1-4,9-11H,5-8H2,(H,18,20)(H,22,23)/t10-,11+/m0/s1. The Kier molecular flexibility index (Phi) is 4.10. The van der Waals surface area contributed by atoms with Gasteiger partial charge in [-0.05, 0) is 31.4 Å². The van der Waals surface area contributed by atoms with E-state index < -0.39 is 11.9 Å². The van der Waals surface area contributed by atoms with Crippen molar-refractivity contribution in [1.82, 2.24) is 14.9 Å². The van der Waals surface area contributed by atoms with E-state index in [2.05, 4.69) is 10.3 Å². The second-order valence-corrected chi connectivity index (χ2v) is 5.81. The number of carboxylic acids is 1. The van der Waals surface area contributed by atoms with E-state index in [1.165, 1.54) is 10.9 Å². The minimum Gasteiger partial charge on any atom is -0.481 e. The number of carboxylic acid groups (broad SMARTS) is 1. The fourth-order valence-corrected chi connectivity index (χ4v) is 2.98. The highest BCUT2D eigenvalue weighted by atomic mass is 16.4. The minimum atomic E-state index is -0.823. The fourth-order valence-electron chi connectivity index (χ4n) is 2.98. The van der Waals surface area contributed by atoms with Gasteiger partial charge in [-0.1, -0.05) is 12.1 Å². The number of para-hydroxylation sites is 1. The number of nitrogens with one attached hydrogen (secondary N) is 1. The quantitative estimate of drug-likeness (QED) is 0.867. The zero-order valence-corrected chi connectivity index (χ0v) is 12.4. The largest absolute Gasteiger partial charge is 0.481 e. The molecule has 1 saturated carbocycles. The smallest absolute Gasteiger partial charge is 0.306 e. The molecule has 2 N–H and O–H groups in total. The van der Waals surface area contributed by atoms with Gasteiger partial charge in [0, 0.05) is 6.04 Å². The van der Waals surface area contributed by atoms with Crippen molar-refractivity contribution in [2.75, 3.05) is 0 Å². The Balaban J connectivity index is 1.68. The van der Waals surface area contributed by atoms with Crippen molar-refractivity contribution in [2.24, 2.45) is 5.92 Å². The van der Waals surface area contributed by atoms with Crippen LogP contribution >= 0.6 is 0 Å². The third-order valence-corrected chi connectivity index (χ3v) is 4.19. The average molecular weight is 315 g/mol. The number of benzene rings is 1. The summed E-state index contributed by atoms with van der Waals surface area (Å²) in [4.78, 5) is 39.5. The summed E-state index contributed by atoms with van der Waals surface area (Å²) in [7, 11) is 0. The number of hydrogen-bond acceptors (Lipinski definition) is 4. The second kappa shape index (κ2) is 6.20. The maximum Gasteiger partial charge on any atom is 0.306 e. The number of rotatable bonds is 4. The van der Waals surface area contributed by atoms with Crippen LogP contribution in [0.5, 0.6) is 0 Å². The molecule has 0 spiro atoms. The lowest BCUT2D eigenvalue weighted by atomic mass is 10.1. The van der Waals surface area contributed by atoms with Gasteiger partial charge < -0.3 is 10.4 Å². The van der Waals surface area contributed by atoms with E-state index in [9.17, 15) is 14.4 Å². The number of amides is 1.